The zero-order chi connectivity index (χ0) is 14.0. The molecule has 19 heavy (non-hydrogen) atoms. The Balaban J connectivity index is 2.21. The Labute approximate surface area is 116 Å². The maximum atomic E-state index is 12.0. The molecular weight excluding hydrogens is 258 g/mol. The van der Waals surface area contributed by atoms with Crippen molar-refractivity contribution in [3.63, 3.8) is 0 Å². The predicted molar refractivity (Wildman–Crippen MR) is 79.1 cm³/mol. The average Bonchev–Trinajstić information content (AvgIpc) is 2.47. The summed E-state index contributed by atoms with van der Waals surface area (Å²) in [5.74, 6) is 1.18. The Bertz CT molecular complexity index is 520. The molecule has 2 unspecified atom stereocenters. The minimum atomic E-state index is -2.95. The molecule has 1 heterocycles. The summed E-state index contributed by atoms with van der Waals surface area (Å²) in [5.41, 5.74) is 2.36. The minimum absolute atomic E-state index is 0.0730. The molecule has 1 saturated heterocycles. The highest BCUT2D eigenvalue weighted by molar-refractivity contribution is 7.91. The summed E-state index contributed by atoms with van der Waals surface area (Å²) in [6.07, 6.45) is 0. The van der Waals surface area contributed by atoms with Gasteiger partial charge in [-0.25, -0.2) is 8.42 Å². The molecule has 0 aromatic heterocycles. The largest absolute Gasteiger partial charge is 0.309 e. The molecule has 2 atom stereocenters. The summed E-state index contributed by atoms with van der Waals surface area (Å²) >= 11 is 0. The first kappa shape index (κ1) is 14.5. The summed E-state index contributed by atoms with van der Waals surface area (Å²) in [4.78, 5) is 0. The summed E-state index contributed by atoms with van der Waals surface area (Å²) in [7, 11) is -2.95. The van der Waals surface area contributed by atoms with Crippen LogP contribution >= 0.6 is 0 Å². The number of benzene rings is 1. The molecule has 0 bridgehead atoms. The molecule has 0 spiro atoms. The molecule has 3 nitrogen and oxygen atoms in total. The van der Waals surface area contributed by atoms with E-state index < -0.39 is 9.84 Å². The third-order valence-corrected chi connectivity index (χ3v) is 5.60. The average molecular weight is 281 g/mol. The van der Waals surface area contributed by atoms with E-state index in [9.17, 15) is 8.42 Å². The SMILES string of the molecule is CC1CNC(c2ccc(C(C)C)cc2)CS(=O)(=O)C1. The molecule has 1 aliphatic heterocycles. The second kappa shape index (κ2) is 5.63. The molecule has 4 heteroatoms. The first-order valence-electron chi connectivity index (χ1n) is 6.91. The summed E-state index contributed by atoms with van der Waals surface area (Å²) in [6.45, 7) is 7.06. The van der Waals surface area contributed by atoms with Crippen LogP contribution in [0.5, 0.6) is 0 Å². The van der Waals surface area contributed by atoms with Crippen molar-refractivity contribution >= 4 is 9.84 Å². The van der Waals surface area contributed by atoms with E-state index in [4.69, 9.17) is 0 Å². The van der Waals surface area contributed by atoms with Gasteiger partial charge < -0.3 is 5.32 Å². The molecule has 0 radical (unpaired) electrons. The van der Waals surface area contributed by atoms with Crippen molar-refractivity contribution in [2.75, 3.05) is 18.1 Å². The van der Waals surface area contributed by atoms with Gasteiger partial charge >= 0.3 is 0 Å². The Hall–Kier alpha value is -0.870. The maximum Gasteiger partial charge on any atom is 0.152 e. The van der Waals surface area contributed by atoms with Crippen LogP contribution in [0.2, 0.25) is 0 Å². The van der Waals surface area contributed by atoms with E-state index in [1.54, 1.807) is 0 Å². The fraction of sp³-hybridized carbons (Fsp3) is 0.600. The number of hydrogen-bond donors (Lipinski definition) is 1. The van der Waals surface area contributed by atoms with Crippen LogP contribution in [0.15, 0.2) is 24.3 Å². The van der Waals surface area contributed by atoms with Gasteiger partial charge in [0.2, 0.25) is 0 Å². The van der Waals surface area contributed by atoms with Crippen molar-refractivity contribution in [2.45, 2.75) is 32.7 Å². The highest BCUT2D eigenvalue weighted by Crippen LogP contribution is 2.22. The lowest BCUT2D eigenvalue weighted by Crippen LogP contribution is -2.26. The molecule has 1 aromatic rings. The van der Waals surface area contributed by atoms with Crippen molar-refractivity contribution < 1.29 is 8.42 Å². The standard InChI is InChI=1S/C15H23NO2S/c1-11(2)13-4-6-14(7-5-13)15-10-19(17,18)9-12(3)8-16-15/h4-7,11-12,15-16H,8-10H2,1-3H3. The van der Waals surface area contributed by atoms with E-state index >= 15 is 0 Å². The van der Waals surface area contributed by atoms with Crippen molar-refractivity contribution in [3.05, 3.63) is 35.4 Å². The quantitative estimate of drug-likeness (QED) is 0.906. The van der Waals surface area contributed by atoms with Crippen LogP contribution < -0.4 is 5.32 Å². The molecule has 0 aliphatic carbocycles. The normalized spacial score (nSPS) is 27.2. The first-order chi connectivity index (χ1) is 8.87. The zero-order valence-electron chi connectivity index (χ0n) is 11.9. The second-order valence-electron chi connectivity index (χ2n) is 5.96. The molecule has 106 valence electrons. The summed E-state index contributed by atoms with van der Waals surface area (Å²) in [5, 5.41) is 3.37. The lowest BCUT2D eigenvalue weighted by atomic mass is 9.99. The van der Waals surface area contributed by atoms with Crippen LogP contribution in [0.4, 0.5) is 0 Å². The molecule has 1 fully saturated rings. The van der Waals surface area contributed by atoms with E-state index in [1.807, 2.05) is 6.92 Å². The zero-order valence-corrected chi connectivity index (χ0v) is 12.7. The molecular formula is C15H23NO2S. The van der Waals surface area contributed by atoms with E-state index in [1.165, 1.54) is 5.56 Å². The van der Waals surface area contributed by atoms with Crippen molar-refractivity contribution in [1.29, 1.82) is 0 Å². The van der Waals surface area contributed by atoms with Crippen LogP contribution in [0.1, 0.15) is 43.9 Å². The van der Waals surface area contributed by atoms with Crippen molar-refractivity contribution in [3.8, 4) is 0 Å². The number of hydrogen-bond acceptors (Lipinski definition) is 3. The Kier molecular flexibility index (Phi) is 4.31. The van der Waals surface area contributed by atoms with Crippen LogP contribution in [0.3, 0.4) is 0 Å². The maximum absolute atomic E-state index is 12.0. The minimum Gasteiger partial charge on any atom is -0.309 e. The van der Waals surface area contributed by atoms with Gasteiger partial charge in [0, 0.05) is 6.04 Å². The third-order valence-electron chi connectivity index (χ3n) is 3.68. The first-order valence-corrected chi connectivity index (χ1v) is 8.73. The van der Waals surface area contributed by atoms with Crippen LogP contribution in [-0.2, 0) is 9.84 Å². The monoisotopic (exact) mass is 281 g/mol. The van der Waals surface area contributed by atoms with Crippen molar-refractivity contribution in [1.82, 2.24) is 5.32 Å². The van der Waals surface area contributed by atoms with Crippen LogP contribution in [0.25, 0.3) is 0 Å². The third kappa shape index (κ3) is 3.80. The van der Waals surface area contributed by atoms with E-state index in [0.29, 0.717) is 11.7 Å². The lowest BCUT2D eigenvalue weighted by molar-refractivity contribution is 0.517. The molecule has 1 aliphatic rings. The van der Waals surface area contributed by atoms with Gasteiger partial charge in [-0.2, -0.15) is 0 Å². The smallest absolute Gasteiger partial charge is 0.152 e. The fourth-order valence-corrected chi connectivity index (χ4v) is 4.48. The van der Waals surface area contributed by atoms with Gasteiger partial charge in [0.1, 0.15) is 0 Å². The molecule has 1 N–H and O–H groups in total. The summed E-state index contributed by atoms with van der Waals surface area (Å²) in [6, 6.07) is 8.23. The van der Waals surface area contributed by atoms with Gasteiger partial charge in [0.05, 0.1) is 11.5 Å². The van der Waals surface area contributed by atoms with Gasteiger partial charge in [-0.15, -0.1) is 0 Å². The van der Waals surface area contributed by atoms with E-state index in [0.717, 1.165) is 12.1 Å². The summed E-state index contributed by atoms with van der Waals surface area (Å²) < 4.78 is 24.0. The molecule has 0 saturated carbocycles. The number of rotatable bonds is 2. The lowest BCUT2D eigenvalue weighted by Gasteiger charge is -2.17. The number of nitrogens with one attached hydrogen (secondary N) is 1. The van der Waals surface area contributed by atoms with Gasteiger partial charge in [0.15, 0.2) is 9.84 Å². The molecule has 0 amide bonds. The second-order valence-corrected chi connectivity index (χ2v) is 8.12. The van der Waals surface area contributed by atoms with Crippen LogP contribution in [-0.4, -0.2) is 26.5 Å². The van der Waals surface area contributed by atoms with Crippen LogP contribution in [0, 0.1) is 5.92 Å². The fourth-order valence-electron chi connectivity index (χ4n) is 2.54. The molecule has 2 rings (SSSR count). The topological polar surface area (TPSA) is 46.2 Å². The van der Waals surface area contributed by atoms with Gasteiger partial charge in [-0.1, -0.05) is 45.0 Å². The van der Waals surface area contributed by atoms with Gasteiger partial charge in [-0.05, 0) is 29.5 Å². The highest BCUT2D eigenvalue weighted by Gasteiger charge is 2.26. The Morgan fingerprint density at radius 1 is 1.16 bits per heavy atom. The molecule has 1 aromatic carbocycles. The number of sulfone groups is 1. The Morgan fingerprint density at radius 2 is 1.79 bits per heavy atom. The van der Waals surface area contributed by atoms with E-state index in [2.05, 4.69) is 43.4 Å². The Morgan fingerprint density at radius 3 is 2.37 bits per heavy atom. The highest BCUT2D eigenvalue weighted by atomic mass is 32.2. The van der Waals surface area contributed by atoms with E-state index in [-0.39, 0.29) is 17.7 Å². The van der Waals surface area contributed by atoms with Crippen molar-refractivity contribution in [2.24, 2.45) is 5.92 Å². The van der Waals surface area contributed by atoms with Gasteiger partial charge in [0.25, 0.3) is 0 Å². The predicted octanol–water partition coefficient (Wildman–Crippen LogP) is 2.51. The van der Waals surface area contributed by atoms with Gasteiger partial charge in [-0.3, -0.25) is 0 Å².